The summed E-state index contributed by atoms with van der Waals surface area (Å²) in [5.74, 6) is -0.107. The molecule has 5 heteroatoms. The van der Waals surface area contributed by atoms with Crippen LogP contribution in [0, 0.1) is 6.92 Å². The van der Waals surface area contributed by atoms with Gasteiger partial charge in [-0.15, -0.1) is 0 Å². The Labute approximate surface area is 121 Å². The average Bonchev–Trinajstić information content (AvgIpc) is 2.71. The Morgan fingerprint density at radius 1 is 1.47 bits per heavy atom. The van der Waals surface area contributed by atoms with Crippen molar-refractivity contribution in [1.82, 2.24) is 9.55 Å². The highest BCUT2D eigenvalue weighted by Gasteiger charge is 2.13. The minimum absolute atomic E-state index is 0.107. The maximum absolute atomic E-state index is 12.3. The maximum Gasteiger partial charge on any atom is 0.272 e. The first-order valence-corrected chi connectivity index (χ1v) is 6.99. The minimum Gasteiger partial charge on any atom is -0.342 e. The molecule has 0 aliphatic heterocycles. The van der Waals surface area contributed by atoms with Crippen LogP contribution in [0.2, 0.25) is 0 Å². The molecule has 0 aliphatic carbocycles. The fraction of sp³-hybridized carbons (Fsp3) is 0.286. The number of pyridine rings is 1. The van der Waals surface area contributed by atoms with E-state index < -0.39 is 0 Å². The zero-order valence-electron chi connectivity index (χ0n) is 11.0. The molecule has 100 valence electrons. The first kappa shape index (κ1) is 13.8. The molecule has 0 fully saturated rings. The topological polar surface area (TPSA) is 46.9 Å². The van der Waals surface area contributed by atoms with Gasteiger partial charge in [0.25, 0.3) is 5.91 Å². The van der Waals surface area contributed by atoms with E-state index in [-0.39, 0.29) is 5.91 Å². The predicted octanol–water partition coefficient (Wildman–Crippen LogP) is 3.62. The Morgan fingerprint density at radius 2 is 2.26 bits per heavy atom. The molecule has 0 aromatic carbocycles. The molecule has 0 saturated carbocycles. The zero-order chi connectivity index (χ0) is 13.8. The minimum atomic E-state index is -0.107. The number of carbonyl (C=O) groups excluding carboxylic acids is 1. The van der Waals surface area contributed by atoms with Crippen LogP contribution in [0.4, 0.5) is 5.69 Å². The van der Waals surface area contributed by atoms with Crippen molar-refractivity contribution in [3.05, 3.63) is 46.5 Å². The van der Waals surface area contributed by atoms with Gasteiger partial charge in [0.15, 0.2) is 0 Å². The lowest BCUT2D eigenvalue weighted by molar-refractivity contribution is 0.101. The SMILES string of the molecule is CCCn1cc(Br)cc1C(=O)Nc1ccnc(C)c1. The summed E-state index contributed by atoms with van der Waals surface area (Å²) in [6.45, 7) is 4.80. The molecule has 1 amide bonds. The van der Waals surface area contributed by atoms with Crippen LogP contribution < -0.4 is 5.32 Å². The van der Waals surface area contributed by atoms with Gasteiger partial charge in [-0.05, 0) is 47.5 Å². The second-order valence-electron chi connectivity index (χ2n) is 4.38. The Balaban J connectivity index is 2.20. The monoisotopic (exact) mass is 321 g/mol. The molecule has 4 nitrogen and oxygen atoms in total. The van der Waals surface area contributed by atoms with Crippen LogP contribution in [0.5, 0.6) is 0 Å². The van der Waals surface area contributed by atoms with Gasteiger partial charge in [-0.1, -0.05) is 6.92 Å². The van der Waals surface area contributed by atoms with Crippen LogP contribution >= 0.6 is 15.9 Å². The van der Waals surface area contributed by atoms with E-state index in [1.165, 1.54) is 0 Å². The summed E-state index contributed by atoms with van der Waals surface area (Å²) in [7, 11) is 0. The quantitative estimate of drug-likeness (QED) is 0.934. The van der Waals surface area contributed by atoms with E-state index >= 15 is 0 Å². The lowest BCUT2D eigenvalue weighted by Crippen LogP contribution is -2.16. The molecular weight excluding hydrogens is 306 g/mol. The Kier molecular flexibility index (Phi) is 4.37. The van der Waals surface area contributed by atoms with Gasteiger partial charge >= 0.3 is 0 Å². The number of halogens is 1. The molecule has 19 heavy (non-hydrogen) atoms. The third-order valence-corrected chi connectivity index (χ3v) is 3.15. The molecule has 2 aromatic heterocycles. The van der Waals surface area contributed by atoms with Crippen molar-refractivity contribution in [2.75, 3.05) is 5.32 Å². The molecule has 0 saturated heterocycles. The van der Waals surface area contributed by atoms with Crippen molar-refractivity contribution < 1.29 is 4.79 Å². The lowest BCUT2D eigenvalue weighted by atomic mass is 10.3. The van der Waals surface area contributed by atoms with Gasteiger partial charge < -0.3 is 9.88 Å². The van der Waals surface area contributed by atoms with Crippen LogP contribution in [-0.4, -0.2) is 15.5 Å². The van der Waals surface area contributed by atoms with Crippen molar-refractivity contribution in [2.24, 2.45) is 0 Å². The predicted molar refractivity (Wildman–Crippen MR) is 79.4 cm³/mol. The molecule has 2 heterocycles. The fourth-order valence-electron chi connectivity index (χ4n) is 1.91. The van der Waals surface area contributed by atoms with Gasteiger partial charge in [0.1, 0.15) is 5.69 Å². The average molecular weight is 322 g/mol. The van der Waals surface area contributed by atoms with Crippen LogP contribution in [0.25, 0.3) is 0 Å². The van der Waals surface area contributed by atoms with E-state index in [0.29, 0.717) is 5.69 Å². The molecule has 1 N–H and O–H groups in total. The van der Waals surface area contributed by atoms with Crippen molar-refractivity contribution in [3.8, 4) is 0 Å². The maximum atomic E-state index is 12.3. The van der Waals surface area contributed by atoms with E-state index in [4.69, 9.17) is 0 Å². The summed E-state index contributed by atoms with van der Waals surface area (Å²) >= 11 is 3.41. The Morgan fingerprint density at radius 3 is 2.95 bits per heavy atom. The zero-order valence-corrected chi connectivity index (χ0v) is 12.6. The number of rotatable bonds is 4. The highest BCUT2D eigenvalue weighted by atomic mass is 79.9. The van der Waals surface area contributed by atoms with E-state index in [0.717, 1.165) is 28.8 Å². The van der Waals surface area contributed by atoms with Gasteiger partial charge in [-0.2, -0.15) is 0 Å². The summed E-state index contributed by atoms with van der Waals surface area (Å²) in [6.07, 6.45) is 4.60. The van der Waals surface area contributed by atoms with E-state index in [2.05, 4.69) is 33.2 Å². The second kappa shape index (κ2) is 6.02. The molecule has 0 aliphatic rings. The van der Waals surface area contributed by atoms with Gasteiger partial charge in [0.2, 0.25) is 0 Å². The molecule has 0 radical (unpaired) electrons. The molecule has 0 atom stereocenters. The highest BCUT2D eigenvalue weighted by molar-refractivity contribution is 9.10. The van der Waals surface area contributed by atoms with Gasteiger partial charge in [-0.25, -0.2) is 0 Å². The highest BCUT2D eigenvalue weighted by Crippen LogP contribution is 2.17. The molecule has 2 aromatic rings. The van der Waals surface area contributed by atoms with E-state index in [1.54, 1.807) is 12.3 Å². The van der Waals surface area contributed by atoms with Crippen LogP contribution in [0.1, 0.15) is 29.5 Å². The summed E-state index contributed by atoms with van der Waals surface area (Å²) in [4.78, 5) is 16.4. The Bertz CT molecular complexity index is 592. The number of nitrogens with one attached hydrogen (secondary N) is 1. The number of hydrogen-bond acceptors (Lipinski definition) is 2. The second-order valence-corrected chi connectivity index (χ2v) is 5.29. The van der Waals surface area contributed by atoms with Gasteiger partial charge in [0, 0.05) is 34.8 Å². The van der Waals surface area contributed by atoms with Crippen LogP contribution in [-0.2, 0) is 6.54 Å². The van der Waals surface area contributed by atoms with Crippen molar-refractivity contribution in [3.63, 3.8) is 0 Å². The smallest absolute Gasteiger partial charge is 0.272 e. The number of aryl methyl sites for hydroxylation is 2. The lowest BCUT2D eigenvalue weighted by Gasteiger charge is -2.08. The number of hydrogen-bond donors (Lipinski definition) is 1. The summed E-state index contributed by atoms with van der Waals surface area (Å²) in [5, 5.41) is 2.89. The molecule has 0 unspecified atom stereocenters. The van der Waals surface area contributed by atoms with Crippen molar-refractivity contribution in [1.29, 1.82) is 0 Å². The number of amides is 1. The molecule has 0 spiro atoms. The van der Waals surface area contributed by atoms with Crippen molar-refractivity contribution in [2.45, 2.75) is 26.8 Å². The largest absolute Gasteiger partial charge is 0.342 e. The summed E-state index contributed by atoms with van der Waals surface area (Å²) in [5.41, 5.74) is 2.30. The number of nitrogens with zero attached hydrogens (tertiary/aromatic N) is 2. The van der Waals surface area contributed by atoms with E-state index in [1.807, 2.05) is 29.8 Å². The first-order chi connectivity index (χ1) is 9.10. The first-order valence-electron chi connectivity index (χ1n) is 6.20. The third-order valence-electron chi connectivity index (χ3n) is 2.71. The van der Waals surface area contributed by atoms with Gasteiger partial charge in [-0.3, -0.25) is 9.78 Å². The van der Waals surface area contributed by atoms with Crippen LogP contribution in [0.3, 0.4) is 0 Å². The number of anilines is 1. The standard InChI is InChI=1S/C14H16BrN3O/c1-3-6-18-9-11(15)8-13(18)14(19)17-12-4-5-16-10(2)7-12/h4-5,7-9H,3,6H2,1-2H3,(H,16,17,19). The van der Waals surface area contributed by atoms with E-state index in [9.17, 15) is 4.79 Å². The van der Waals surface area contributed by atoms with Gasteiger partial charge in [0.05, 0.1) is 0 Å². The molecular formula is C14H16BrN3O. The number of carbonyl (C=O) groups is 1. The van der Waals surface area contributed by atoms with Crippen LogP contribution in [0.15, 0.2) is 35.1 Å². The summed E-state index contributed by atoms with van der Waals surface area (Å²) < 4.78 is 2.87. The Hall–Kier alpha value is -1.62. The fourth-order valence-corrected chi connectivity index (χ4v) is 2.37. The molecule has 2 rings (SSSR count). The normalized spacial score (nSPS) is 10.5. The third kappa shape index (κ3) is 3.44. The van der Waals surface area contributed by atoms with Crippen molar-refractivity contribution >= 4 is 27.5 Å². The summed E-state index contributed by atoms with van der Waals surface area (Å²) in [6, 6.07) is 5.46. The molecule has 0 bridgehead atoms. The number of aromatic nitrogens is 2.